The first-order valence-electron chi connectivity index (χ1n) is 3.65. The summed E-state index contributed by atoms with van der Waals surface area (Å²) in [6, 6.07) is 0. The van der Waals surface area contributed by atoms with Gasteiger partial charge in [0.1, 0.15) is 0 Å². The Hall–Kier alpha value is -1.18. The molecule has 0 heterocycles. The van der Waals surface area contributed by atoms with E-state index in [1.54, 1.807) is 0 Å². The Labute approximate surface area is 67.8 Å². The number of allylic oxidation sites excluding steroid dienone is 3. The lowest BCUT2D eigenvalue weighted by molar-refractivity contribution is 0.982. The first-order valence-corrected chi connectivity index (χ1v) is 3.65. The maximum absolute atomic E-state index is 6.56. The summed E-state index contributed by atoms with van der Waals surface area (Å²) in [6.07, 6.45) is 8.84. The lowest BCUT2D eigenvalue weighted by atomic mass is 10.2. The van der Waals surface area contributed by atoms with Crippen molar-refractivity contribution >= 4 is 0 Å². The highest BCUT2D eigenvalue weighted by molar-refractivity contribution is 5.20. The fraction of sp³-hybridized carbons (Fsp3) is 0.333. The van der Waals surface area contributed by atoms with Crippen LogP contribution >= 0.6 is 0 Å². The molecule has 0 aliphatic rings. The molecule has 0 aromatic carbocycles. The van der Waals surface area contributed by atoms with Crippen molar-refractivity contribution in [1.82, 2.24) is 0 Å². The van der Waals surface area contributed by atoms with E-state index in [2.05, 4.69) is 24.7 Å². The van der Waals surface area contributed by atoms with Crippen LogP contribution in [0.1, 0.15) is 13.3 Å². The van der Waals surface area contributed by atoms with Crippen molar-refractivity contribution in [1.29, 1.82) is 5.53 Å². The molecule has 1 N–H and O–H groups in total. The SMILES string of the molecule is C=C(/C=C\C=C/CC)CN=N. The van der Waals surface area contributed by atoms with E-state index in [1.807, 2.05) is 18.2 Å². The predicted octanol–water partition coefficient (Wildman–Crippen LogP) is 3.10. The highest BCUT2D eigenvalue weighted by Crippen LogP contribution is 1.93. The molecule has 2 nitrogen and oxygen atoms in total. The number of hydrogen-bond donors (Lipinski definition) is 1. The molecule has 0 fully saturated rings. The van der Waals surface area contributed by atoms with Gasteiger partial charge in [-0.1, -0.05) is 37.8 Å². The first-order chi connectivity index (χ1) is 5.31. The Balaban J connectivity index is 3.64. The average molecular weight is 150 g/mol. The smallest absolute Gasteiger partial charge is 0.0841 e. The zero-order valence-corrected chi connectivity index (χ0v) is 6.88. The van der Waals surface area contributed by atoms with Crippen LogP contribution in [-0.2, 0) is 0 Å². The summed E-state index contributed by atoms with van der Waals surface area (Å²) in [4.78, 5) is 0. The van der Waals surface area contributed by atoms with Gasteiger partial charge in [-0.25, -0.2) is 5.53 Å². The summed E-state index contributed by atoms with van der Waals surface area (Å²) in [5, 5.41) is 3.21. The molecule has 0 atom stereocenters. The van der Waals surface area contributed by atoms with Crippen molar-refractivity contribution in [2.45, 2.75) is 13.3 Å². The van der Waals surface area contributed by atoms with E-state index in [1.165, 1.54) is 0 Å². The standard InChI is InChI=1S/C9H14N2/c1-3-4-5-6-7-9(2)8-11-10/h4-7,10H,2-3,8H2,1H3/b5-4-,7-6-,11-10?. The monoisotopic (exact) mass is 150 g/mol. The molecule has 0 aliphatic heterocycles. The van der Waals surface area contributed by atoms with Crippen LogP contribution in [-0.4, -0.2) is 6.54 Å². The number of rotatable bonds is 5. The second-order valence-electron chi connectivity index (χ2n) is 2.17. The fourth-order valence-electron chi connectivity index (χ4n) is 0.561. The van der Waals surface area contributed by atoms with Gasteiger partial charge in [0, 0.05) is 0 Å². The molecule has 0 rings (SSSR count). The van der Waals surface area contributed by atoms with Crippen LogP contribution in [0.25, 0.3) is 0 Å². The molecule has 0 bridgehead atoms. The van der Waals surface area contributed by atoms with Gasteiger partial charge in [-0.2, -0.15) is 5.11 Å². The van der Waals surface area contributed by atoms with E-state index in [9.17, 15) is 0 Å². The number of hydrogen-bond acceptors (Lipinski definition) is 2. The average Bonchev–Trinajstić information content (AvgIpc) is 1.99. The summed E-state index contributed by atoms with van der Waals surface area (Å²) in [5.41, 5.74) is 7.42. The third-order valence-corrected chi connectivity index (χ3v) is 1.10. The molecule has 0 radical (unpaired) electrons. The summed E-state index contributed by atoms with van der Waals surface area (Å²) in [5.74, 6) is 0. The van der Waals surface area contributed by atoms with Crippen molar-refractivity contribution < 1.29 is 0 Å². The Morgan fingerprint density at radius 3 is 2.82 bits per heavy atom. The van der Waals surface area contributed by atoms with Crippen molar-refractivity contribution in [3.8, 4) is 0 Å². The highest BCUT2D eigenvalue weighted by atomic mass is 14.9. The van der Waals surface area contributed by atoms with Gasteiger partial charge in [-0.15, -0.1) is 0 Å². The van der Waals surface area contributed by atoms with Crippen molar-refractivity contribution in [2.24, 2.45) is 5.11 Å². The van der Waals surface area contributed by atoms with Crippen LogP contribution in [0.2, 0.25) is 0 Å². The topological polar surface area (TPSA) is 36.2 Å². The molecule has 0 unspecified atom stereocenters. The summed E-state index contributed by atoms with van der Waals surface area (Å²) in [6.45, 7) is 6.19. The van der Waals surface area contributed by atoms with Gasteiger partial charge in [0.05, 0.1) is 6.54 Å². The highest BCUT2D eigenvalue weighted by Gasteiger charge is 1.81. The summed E-state index contributed by atoms with van der Waals surface area (Å²) in [7, 11) is 0. The normalized spacial score (nSPS) is 11.0. The van der Waals surface area contributed by atoms with E-state index in [4.69, 9.17) is 5.53 Å². The Kier molecular flexibility index (Phi) is 6.19. The molecular formula is C9H14N2. The Morgan fingerprint density at radius 2 is 2.27 bits per heavy atom. The van der Waals surface area contributed by atoms with Crippen LogP contribution in [0.3, 0.4) is 0 Å². The van der Waals surface area contributed by atoms with Crippen LogP contribution in [0.4, 0.5) is 0 Å². The fourth-order valence-corrected chi connectivity index (χ4v) is 0.561. The minimum Gasteiger partial charge on any atom is -0.210 e. The van der Waals surface area contributed by atoms with Crippen LogP contribution in [0.5, 0.6) is 0 Å². The van der Waals surface area contributed by atoms with Crippen LogP contribution in [0.15, 0.2) is 41.6 Å². The van der Waals surface area contributed by atoms with Crippen LogP contribution in [0, 0.1) is 5.53 Å². The number of nitrogens with one attached hydrogen (secondary N) is 1. The van der Waals surface area contributed by atoms with Crippen molar-refractivity contribution in [2.75, 3.05) is 6.54 Å². The summed E-state index contributed by atoms with van der Waals surface area (Å²) >= 11 is 0. The molecule has 0 aliphatic carbocycles. The van der Waals surface area contributed by atoms with Crippen molar-refractivity contribution in [3.63, 3.8) is 0 Å². The largest absolute Gasteiger partial charge is 0.210 e. The van der Waals surface area contributed by atoms with Gasteiger partial charge < -0.3 is 0 Å². The maximum Gasteiger partial charge on any atom is 0.0841 e. The molecule has 11 heavy (non-hydrogen) atoms. The molecular weight excluding hydrogens is 136 g/mol. The molecule has 0 aromatic heterocycles. The predicted molar refractivity (Wildman–Crippen MR) is 47.7 cm³/mol. The zero-order valence-electron chi connectivity index (χ0n) is 6.88. The lowest BCUT2D eigenvalue weighted by Gasteiger charge is -1.87. The van der Waals surface area contributed by atoms with Gasteiger partial charge in [0.2, 0.25) is 0 Å². The van der Waals surface area contributed by atoms with Gasteiger partial charge in [-0.05, 0) is 12.0 Å². The Morgan fingerprint density at radius 1 is 1.55 bits per heavy atom. The molecule has 2 heteroatoms. The maximum atomic E-state index is 6.56. The molecule has 0 saturated carbocycles. The molecule has 0 spiro atoms. The van der Waals surface area contributed by atoms with Gasteiger partial charge in [0.25, 0.3) is 0 Å². The van der Waals surface area contributed by atoms with E-state index in [0.717, 1.165) is 12.0 Å². The summed E-state index contributed by atoms with van der Waals surface area (Å²) < 4.78 is 0. The molecule has 0 amide bonds. The van der Waals surface area contributed by atoms with Crippen molar-refractivity contribution in [3.05, 3.63) is 36.5 Å². The second kappa shape index (κ2) is 6.93. The third-order valence-electron chi connectivity index (χ3n) is 1.10. The van der Waals surface area contributed by atoms with Gasteiger partial charge in [0.15, 0.2) is 0 Å². The third kappa shape index (κ3) is 6.71. The minimum atomic E-state index is 0.399. The zero-order chi connectivity index (χ0) is 8.53. The van der Waals surface area contributed by atoms with E-state index in [0.29, 0.717) is 6.54 Å². The van der Waals surface area contributed by atoms with Crippen LogP contribution < -0.4 is 0 Å². The van der Waals surface area contributed by atoms with E-state index in [-0.39, 0.29) is 0 Å². The minimum absolute atomic E-state index is 0.399. The first kappa shape index (κ1) is 9.82. The van der Waals surface area contributed by atoms with Gasteiger partial charge in [-0.3, -0.25) is 0 Å². The number of nitrogens with zero attached hydrogens (tertiary/aromatic N) is 1. The second-order valence-corrected chi connectivity index (χ2v) is 2.17. The molecule has 0 saturated heterocycles. The Bertz CT molecular complexity index is 178. The van der Waals surface area contributed by atoms with E-state index < -0.39 is 0 Å². The lowest BCUT2D eigenvalue weighted by Crippen LogP contribution is -1.77. The molecule has 60 valence electrons. The molecule has 0 aromatic rings. The van der Waals surface area contributed by atoms with E-state index >= 15 is 0 Å². The van der Waals surface area contributed by atoms with Gasteiger partial charge >= 0.3 is 0 Å². The quantitative estimate of drug-likeness (QED) is 0.462.